The van der Waals surface area contributed by atoms with Crippen LogP contribution in [0.4, 0.5) is 5.00 Å². The monoisotopic (exact) mass is 412 g/mol. The average Bonchev–Trinajstić information content (AvgIpc) is 3.11. The molecule has 1 heterocycles. The molecule has 0 aliphatic heterocycles. The van der Waals surface area contributed by atoms with Crippen molar-refractivity contribution in [2.24, 2.45) is 0 Å². The van der Waals surface area contributed by atoms with Crippen LogP contribution in [0.2, 0.25) is 0 Å². The lowest BCUT2D eigenvalue weighted by molar-refractivity contribution is 0.0751. The van der Waals surface area contributed by atoms with Crippen molar-refractivity contribution in [1.82, 2.24) is 4.90 Å². The van der Waals surface area contributed by atoms with Crippen molar-refractivity contribution in [3.63, 3.8) is 0 Å². The Kier molecular flexibility index (Phi) is 7.87. The van der Waals surface area contributed by atoms with Crippen LogP contribution < -0.4 is 5.32 Å². The predicted octanol–water partition coefficient (Wildman–Crippen LogP) is 5.92. The van der Waals surface area contributed by atoms with Gasteiger partial charge in [-0.2, -0.15) is 0 Å². The highest BCUT2D eigenvalue weighted by atomic mass is 32.1. The molecular weight excluding hydrogens is 380 g/mol. The van der Waals surface area contributed by atoms with Gasteiger partial charge in [0.15, 0.2) is 0 Å². The molecule has 4 nitrogen and oxygen atoms in total. The molecule has 5 heteroatoms. The van der Waals surface area contributed by atoms with E-state index < -0.39 is 0 Å². The Balaban J connectivity index is 1.91. The fraction of sp³-hybridized carbons (Fsp3) is 0.500. The Morgan fingerprint density at radius 1 is 1.00 bits per heavy atom. The first kappa shape index (κ1) is 21.6. The van der Waals surface area contributed by atoms with E-state index in [-0.39, 0.29) is 11.8 Å². The second-order valence-electron chi connectivity index (χ2n) is 7.73. The molecule has 2 aromatic rings. The second kappa shape index (κ2) is 10.6. The Morgan fingerprint density at radius 3 is 2.31 bits per heavy atom. The molecule has 0 fully saturated rings. The topological polar surface area (TPSA) is 49.4 Å². The maximum Gasteiger partial charge on any atom is 0.257 e. The summed E-state index contributed by atoms with van der Waals surface area (Å²) < 4.78 is 0. The minimum absolute atomic E-state index is 0.0923. The highest BCUT2D eigenvalue weighted by molar-refractivity contribution is 7.17. The molecule has 1 aromatic heterocycles. The first-order valence-corrected chi connectivity index (χ1v) is 11.8. The highest BCUT2D eigenvalue weighted by Crippen LogP contribution is 2.39. The molecule has 0 bridgehead atoms. The number of hydrogen-bond donors (Lipinski definition) is 1. The summed E-state index contributed by atoms with van der Waals surface area (Å²) >= 11 is 1.60. The maximum absolute atomic E-state index is 13.6. The van der Waals surface area contributed by atoms with E-state index in [0.29, 0.717) is 5.56 Å². The van der Waals surface area contributed by atoms with E-state index >= 15 is 0 Å². The first-order chi connectivity index (χ1) is 14.2. The Hall–Kier alpha value is -2.14. The molecule has 1 aliphatic carbocycles. The summed E-state index contributed by atoms with van der Waals surface area (Å²) in [6.45, 7) is 5.87. The van der Waals surface area contributed by atoms with Crippen molar-refractivity contribution in [2.75, 3.05) is 18.4 Å². The molecule has 0 saturated heterocycles. The third-order valence-electron chi connectivity index (χ3n) is 5.50. The van der Waals surface area contributed by atoms with Gasteiger partial charge in [0.25, 0.3) is 11.8 Å². The van der Waals surface area contributed by atoms with E-state index in [2.05, 4.69) is 19.2 Å². The van der Waals surface area contributed by atoms with Crippen LogP contribution in [0, 0.1) is 0 Å². The lowest BCUT2D eigenvalue weighted by atomic mass is 9.95. The minimum atomic E-state index is -0.146. The van der Waals surface area contributed by atoms with Crippen molar-refractivity contribution < 1.29 is 9.59 Å². The van der Waals surface area contributed by atoms with E-state index in [9.17, 15) is 9.59 Å². The molecule has 1 aliphatic rings. The van der Waals surface area contributed by atoms with Gasteiger partial charge in [0, 0.05) is 23.5 Å². The van der Waals surface area contributed by atoms with Gasteiger partial charge in [0.1, 0.15) is 5.00 Å². The van der Waals surface area contributed by atoms with Crippen LogP contribution in [0.25, 0.3) is 0 Å². The maximum atomic E-state index is 13.6. The fourth-order valence-electron chi connectivity index (χ4n) is 3.82. The standard InChI is InChI=1S/C24H32N2O2S/c1-3-5-16-26(17-6-4-2)24(28)21-19-14-10-11-15-20(19)29-23(21)25-22(27)18-12-8-7-9-13-18/h7-9,12-13H,3-6,10-11,14-17H2,1-2H3,(H,25,27). The minimum Gasteiger partial charge on any atom is -0.339 e. The number of amides is 2. The van der Waals surface area contributed by atoms with Gasteiger partial charge in [0.2, 0.25) is 0 Å². The second-order valence-corrected chi connectivity index (χ2v) is 8.84. The number of anilines is 1. The molecule has 0 atom stereocenters. The van der Waals surface area contributed by atoms with Crippen molar-refractivity contribution >= 4 is 28.2 Å². The van der Waals surface area contributed by atoms with Gasteiger partial charge in [-0.05, 0) is 56.2 Å². The summed E-state index contributed by atoms with van der Waals surface area (Å²) in [6.07, 6.45) is 8.35. The molecule has 156 valence electrons. The van der Waals surface area contributed by atoms with Gasteiger partial charge < -0.3 is 10.2 Å². The zero-order valence-electron chi connectivity index (χ0n) is 17.6. The van der Waals surface area contributed by atoms with Crippen LogP contribution >= 0.6 is 11.3 Å². The average molecular weight is 413 g/mol. The van der Waals surface area contributed by atoms with Crippen LogP contribution in [0.5, 0.6) is 0 Å². The number of nitrogens with one attached hydrogen (secondary N) is 1. The number of rotatable bonds is 9. The zero-order valence-corrected chi connectivity index (χ0v) is 18.4. The van der Waals surface area contributed by atoms with Gasteiger partial charge in [-0.1, -0.05) is 44.9 Å². The van der Waals surface area contributed by atoms with Gasteiger partial charge in [0.05, 0.1) is 5.56 Å². The number of thiophene rings is 1. The number of carbonyl (C=O) groups is 2. The molecular formula is C24H32N2O2S. The van der Waals surface area contributed by atoms with Crippen molar-refractivity contribution in [1.29, 1.82) is 0 Å². The number of unbranched alkanes of at least 4 members (excludes halogenated alkanes) is 2. The number of benzene rings is 1. The molecule has 0 saturated carbocycles. The Morgan fingerprint density at radius 2 is 1.66 bits per heavy atom. The fourth-order valence-corrected chi connectivity index (χ4v) is 5.09. The third-order valence-corrected chi connectivity index (χ3v) is 6.71. The predicted molar refractivity (Wildman–Crippen MR) is 121 cm³/mol. The van der Waals surface area contributed by atoms with E-state index in [4.69, 9.17) is 0 Å². The molecule has 2 amide bonds. The molecule has 0 radical (unpaired) electrons. The van der Waals surface area contributed by atoms with Crippen molar-refractivity contribution in [3.05, 3.63) is 51.9 Å². The molecule has 1 aromatic carbocycles. The summed E-state index contributed by atoms with van der Waals surface area (Å²) in [4.78, 5) is 29.7. The summed E-state index contributed by atoms with van der Waals surface area (Å²) in [5.41, 5.74) is 2.54. The number of aryl methyl sites for hydroxylation is 1. The number of nitrogens with zero attached hydrogens (tertiary/aromatic N) is 1. The normalized spacial score (nSPS) is 13.0. The van der Waals surface area contributed by atoms with Crippen LogP contribution in [-0.2, 0) is 12.8 Å². The largest absolute Gasteiger partial charge is 0.339 e. The molecule has 1 N–H and O–H groups in total. The van der Waals surface area contributed by atoms with Crippen molar-refractivity contribution in [3.8, 4) is 0 Å². The quantitative estimate of drug-likeness (QED) is 0.555. The van der Waals surface area contributed by atoms with Crippen LogP contribution in [0.15, 0.2) is 30.3 Å². The van der Waals surface area contributed by atoms with Gasteiger partial charge in [-0.25, -0.2) is 0 Å². The number of hydrogen-bond acceptors (Lipinski definition) is 3. The van der Waals surface area contributed by atoms with E-state index in [1.165, 1.54) is 10.4 Å². The van der Waals surface area contributed by atoms with E-state index in [1.807, 2.05) is 23.1 Å². The van der Waals surface area contributed by atoms with Crippen LogP contribution in [0.3, 0.4) is 0 Å². The van der Waals surface area contributed by atoms with Gasteiger partial charge in [-0.3, -0.25) is 9.59 Å². The summed E-state index contributed by atoms with van der Waals surface area (Å²) in [6, 6.07) is 9.22. The van der Waals surface area contributed by atoms with E-state index in [1.54, 1.807) is 23.5 Å². The van der Waals surface area contributed by atoms with Gasteiger partial charge in [-0.15, -0.1) is 11.3 Å². The van der Waals surface area contributed by atoms with E-state index in [0.717, 1.165) is 75.0 Å². The summed E-state index contributed by atoms with van der Waals surface area (Å²) in [7, 11) is 0. The zero-order chi connectivity index (χ0) is 20.6. The van der Waals surface area contributed by atoms with Crippen LogP contribution in [-0.4, -0.2) is 29.8 Å². The SMILES string of the molecule is CCCCN(CCCC)C(=O)c1c(NC(=O)c2ccccc2)sc2c1CCCC2. The Labute approximate surface area is 178 Å². The molecule has 0 spiro atoms. The molecule has 3 rings (SSSR count). The number of fused-ring (bicyclic) bond motifs is 1. The highest BCUT2D eigenvalue weighted by Gasteiger charge is 2.29. The van der Waals surface area contributed by atoms with Gasteiger partial charge >= 0.3 is 0 Å². The summed E-state index contributed by atoms with van der Waals surface area (Å²) in [5.74, 6) is -0.0541. The smallest absolute Gasteiger partial charge is 0.257 e. The van der Waals surface area contributed by atoms with Crippen molar-refractivity contribution in [2.45, 2.75) is 65.2 Å². The third kappa shape index (κ3) is 5.27. The Bertz CT molecular complexity index is 821. The van der Waals surface area contributed by atoms with Crippen LogP contribution in [0.1, 0.15) is 83.5 Å². The molecule has 0 unspecified atom stereocenters. The summed E-state index contributed by atoms with van der Waals surface area (Å²) in [5, 5.41) is 3.79. The number of carbonyl (C=O) groups excluding carboxylic acids is 2. The first-order valence-electron chi connectivity index (χ1n) is 11.0. The molecule has 29 heavy (non-hydrogen) atoms. The lowest BCUT2D eigenvalue weighted by Crippen LogP contribution is -2.34. The lowest BCUT2D eigenvalue weighted by Gasteiger charge is -2.24.